The average molecular weight is 1100 g/mol. The van der Waals surface area contributed by atoms with E-state index in [1.54, 1.807) is 71.6 Å². The van der Waals surface area contributed by atoms with Gasteiger partial charge in [-0.25, -0.2) is 9.78 Å². The predicted molar refractivity (Wildman–Crippen MR) is 286 cm³/mol. The van der Waals surface area contributed by atoms with E-state index in [1.165, 1.54) is 31.4 Å². The number of nitrogens with one attached hydrogen (secondary N) is 5. The fourth-order valence-electron chi connectivity index (χ4n) is 8.00. The highest BCUT2D eigenvalue weighted by Gasteiger charge is 2.40. The maximum absolute atomic E-state index is 14.3. The van der Waals surface area contributed by atoms with Gasteiger partial charge in [-0.2, -0.15) is 0 Å². The zero-order chi connectivity index (χ0) is 58.3. The molecule has 1 unspecified atom stereocenters. The lowest BCUT2D eigenvalue weighted by Crippen LogP contribution is -2.60. The fourth-order valence-corrected chi connectivity index (χ4v) is 8.84. The Morgan fingerprint density at radius 1 is 0.896 bits per heavy atom. The van der Waals surface area contributed by atoms with Crippen LogP contribution in [0, 0.1) is 17.8 Å². The SMILES string of the molecule is CC[C@H](C)[C@H](NC(=O)C(C)(C)N(C)C)C(=O)N(C)[C@H](C[C@@H](OC(C)=O)c1nc(C(=O)N[C@@H](Cc2ccc(O)c(NC(=O)CCCNC(=O)[C@H](CNC(=O)OC(C)(C)C)N3C(=O)C=CC3=O)c2)CC(C)C(=O)O)cs1)C(C)C. The van der Waals surface area contributed by atoms with Crippen LogP contribution in [0.25, 0.3) is 0 Å². The molecule has 0 saturated heterocycles. The molecular formula is C53H79N9O14S. The molecule has 7 atom stereocenters. The van der Waals surface area contributed by atoms with Crippen LogP contribution in [0.3, 0.4) is 0 Å². The lowest BCUT2D eigenvalue weighted by atomic mass is 9.92. The molecule has 1 aliphatic rings. The van der Waals surface area contributed by atoms with Crippen molar-refractivity contribution in [2.45, 2.75) is 156 Å². The monoisotopic (exact) mass is 1100 g/mol. The highest BCUT2D eigenvalue weighted by atomic mass is 32.1. The topological polar surface area (TPSA) is 312 Å². The van der Waals surface area contributed by atoms with E-state index in [0.29, 0.717) is 16.9 Å². The standard InChI is InChI=1S/C53H79N9O14S/c1-15-30(4)44(59-50(73)53(10,11)60(12)13)48(70)61(14)37(29(2)3)26-40(75-32(6)63)47-58-36(28-77-47)45(68)56-34(23-31(5)49(71)72)24-33-18-19-39(64)35(25-33)57-41(65)17-16-22-54-46(69)38(62-42(66)20-21-43(62)67)27-55-51(74)76-52(7,8)9/h18-21,25,28-31,34,37-38,40,44,64H,15-17,22-24,26-27H2,1-14H3,(H,54,69)(H,55,74)(H,56,68)(H,57,65)(H,59,73)(H,71,72)/t30-,31?,34+,37+,38-,40+,44-/m0/s1. The van der Waals surface area contributed by atoms with E-state index in [1.807, 2.05) is 27.7 Å². The summed E-state index contributed by atoms with van der Waals surface area (Å²) < 4.78 is 11.0. The minimum absolute atomic E-state index is 0.0147. The minimum atomic E-state index is -1.42. The summed E-state index contributed by atoms with van der Waals surface area (Å²) in [5.41, 5.74) is -1.28. The molecule has 0 saturated carbocycles. The zero-order valence-electron chi connectivity index (χ0n) is 46.7. The number of alkyl carbamates (subject to hydrolysis) is 1. The number of carbonyl (C=O) groups excluding carboxylic acids is 9. The van der Waals surface area contributed by atoms with Crippen molar-refractivity contribution in [2.75, 3.05) is 39.5 Å². The van der Waals surface area contributed by atoms with Gasteiger partial charge in [-0.15, -0.1) is 11.3 Å². The fraction of sp³-hybridized carbons (Fsp3) is 0.604. The molecule has 2 aromatic rings. The number of hydrogen-bond donors (Lipinski definition) is 7. The number of amides is 8. The van der Waals surface area contributed by atoms with E-state index in [9.17, 15) is 58.2 Å². The number of esters is 1. The van der Waals surface area contributed by atoms with Crippen molar-refractivity contribution in [1.82, 2.24) is 41.0 Å². The summed E-state index contributed by atoms with van der Waals surface area (Å²) in [4.78, 5) is 138. The van der Waals surface area contributed by atoms with E-state index in [-0.39, 0.29) is 84.4 Å². The van der Waals surface area contributed by atoms with Gasteiger partial charge in [-0.05, 0) is 97.5 Å². The number of ether oxygens (including phenoxy) is 2. The second-order valence-electron chi connectivity index (χ2n) is 21.4. The molecule has 426 valence electrons. The van der Waals surface area contributed by atoms with E-state index >= 15 is 0 Å². The third-order valence-electron chi connectivity index (χ3n) is 13.2. The van der Waals surface area contributed by atoms with Gasteiger partial charge in [0.25, 0.3) is 17.7 Å². The van der Waals surface area contributed by atoms with Crippen molar-refractivity contribution in [2.24, 2.45) is 17.8 Å². The number of anilines is 1. The van der Waals surface area contributed by atoms with Crippen LogP contribution in [-0.4, -0.2) is 159 Å². The van der Waals surface area contributed by atoms with Gasteiger partial charge in [-0.3, -0.25) is 53.0 Å². The van der Waals surface area contributed by atoms with Crippen molar-refractivity contribution in [3.05, 3.63) is 52.0 Å². The number of thiazole rings is 1. The van der Waals surface area contributed by atoms with E-state index < -0.39 is 101 Å². The van der Waals surface area contributed by atoms with Gasteiger partial charge >= 0.3 is 18.0 Å². The molecule has 0 aliphatic carbocycles. The summed E-state index contributed by atoms with van der Waals surface area (Å²) in [6, 6.07) is 0.750. The Morgan fingerprint density at radius 2 is 1.53 bits per heavy atom. The molecule has 0 fully saturated rings. The molecule has 8 amide bonds. The number of aliphatic carboxylic acids is 1. The van der Waals surface area contributed by atoms with Gasteiger partial charge in [0.2, 0.25) is 23.6 Å². The Hall–Kier alpha value is -6.95. The molecular weight excluding hydrogens is 1020 g/mol. The number of likely N-dealkylation sites (N-methyl/N-ethyl adjacent to an activating group) is 2. The second-order valence-corrected chi connectivity index (χ2v) is 22.3. The third kappa shape index (κ3) is 19.2. The van der Waals surface area contributed by atoms with Crippen molar-refractivity contribution in [3.63, 3.8) is 0 Å². The van der Waals surface area contributed by atoms with E-state index in [4.69, 9.17) is 9.47 Å². The first-order valence-electron chi connectivity index (χ1n) is 25.6. The number of phenolic OH excluding ortho intramolecular Hbond substituents is 1. The molecule has 1 aromatic heterocycles. The predicted octanol–water partition coefficient (Wildman–Crippen LogP) is 4.30. The molecule has 3 rings (SSSR count). The molecule has 2 heterocycles. The van der Waals surface area contributed by atoms with Gasteiger partial charge in [0.05, 0.1) is 23.7 Å². The first-order valence-corrected chi connectivity index (χ1v) is 26.5. The van der Waals surface area contributed by atoms with E-state index in [0.717, 1.165) is 23.5 Å². The number of carboxylic acid groups (broad SMARTS) is 1. The van der Waals surface area contributed by atoms with Gasteiger partial charge in [0, 0.05) is 63.0 Å². The molecule has 1 aromatic carbocycles. The van der Waals surface area contributed by atoms with Crippen LogP contribution in [0.5, 0.6) is 5.75 Å². The summed E-state index contributed by atoms with van der Waals surface area (Å²) in [5, 5.41) is 35.8. The molecule has 0 spiro atoms. The zero-order valence-corrected chi connectivity index (χ0v) is 47.5. The molecule has 0 bridgehead atoms. The number of hydrogen-bond acceptors (Lipinski definition) is 16. The summed E-state index contributed by atoms with van der Waals surface area (Å²) in [7, 11) is 5.20. The Balaban J connectivity index is 1.75. The van der Waals surface area contributed by atoms with E-state index in [2.05, 4.69) is 31.6 Å². The highest BCUT2D eigenvalue weighted by Crippen LogP contribution is 2.32. The lowest BCUT2D eigenvalue weighted by molar-refractivity contribution is -0.149. The molecule has 24 heteroatoms. The number of aromatic nitrogens is 1. The summed E-state index contributed by atoms with van der Waals surface area (Å²) in [5.74, 6) is -7.43. The van der Waals surface area contributed by atoms with Gasteiger partial charge in [-0.1, -0.05) is 47.1 Å². The Labute approximate surface area is 454 Å². The maximum atomic E-state index is 14.3. The molecule has 77 heavy (non-hydrogen) atoms. The third-order valence-corrected chi connectivity index (χ3v) is 14.2. The number of carbonyl (C=O) groups is 10. The van der Waals surface area contributed by atoms with Crippen LogP contribution in [0.15, 0.2) is 35.7 Å². The molecule has 1 aliphatic heterocycles. The number of imide groups is 1. The normalized spacial score (nSPS) is 15.4. The first kappa shape index (κ1) is 64.3. The second kappa shape index (κ2) is 28.4. The lowest BCUT2D eigenvalue weighted by Gasteiger charge is -2.38. The van der Waals surface area contributed by atoms with Crippen LogP contribution in [0.2, 0.25) is 0 Å². The number of benzene rings is 1. The maximum Gasteiger partial charge on any atom is 0.407 e. The smallest absolute Gasteiger partial charge is 0.407 e. The van der Waals surface area contributed by atoms with Gasteiger partial charge < -0.3 is 51.2 Å². The number of aromatic hydroxyl groups is 1. The number of phenols is 1. The average Bonchev–Trinajstić information content (AvgIpc) is 3.96. The van der Waals surface area contributed by atoms with Crippen LogP contribution in [-0.2, 0) is 54.3 Å². The number of nitrogens with zero attached hydrogens (tertiary/aromatic N) is 4. The molecule has 7 N–H and O–H groups in total. The van der Waals surface area contributed by atoms with Crippen molar-refractivity contribution < 1.29 is 67.6 Å². The Kier molecular flexibility index (Phi) is 23.8. The van der Waals surface area contributed by atoms with Gasteiger partial charge in [0.1, 0.15) is 34.1 Å². The summed E-state index contributed by atoms with van der Waals surface area (Å²) >= 11 is 1.06. The van der Waals surface area contributed by atoms with Crippen molar-refractivity contribution in [3.8, 4) is 5.75 Å². The molecule has 23 nitrogen and oxygen atoms in total. The van der Waals surface area contributed by atoms with Gasteiger partial charge in [0.15, 0.2) is 6.10 Å². The first-order chi connectivity index (χ1) is 35.8. The van der Waals surface area contributed by atoms with Crippen molar-refractivity contribution >= 4 is 76.4 Å². The largest absolute Gasteiger partial charge is 0.506 e. The van der Waals surface area contributed by atoms with Crippen LogP contribution < -0.4 is 26.6 Å². The Morgan fingerprint density at radius 3 is 2.09 bits per heavy atom. The number of carboxylic acids is 1. The summed E-state index contributed by atoms with van der Waals surface area (Å²) in [6.45, 7) is 18.3. The van der Waals surface area contributed by atoms with Crippen LogP contribution >= 0.6 is 11.3 Å². The number of rotatable bonds is 28. The van der Waals surface area contributed by atoms with Crippen LogP contribution in [0.1, 0.15) is 135 Å². The quantitative estimate of drug-likeness (QED) is 0.0270. The van der Waals surface area contributed by atoms with Crippen molar-refractivity contribution in [1.29, 1.82) is 0 Å². The minimum Gasteiger partial charge on any atom is -0.506 e. The Bertz CT molecular complexity index is 2490. The van der Waals surface area contributed by atoms with Crippen LogP contribution in [0.4, 0.5) is 10.5 Å². The summed E-state index contributed by atoms with van der Waals surface area (Å²) in [6.07, 6.45) is 0.805. The highest BCUT2D eigenvalue weighted by molar-refractivity contribution is 7.09. The molecule has 0 radical (unpaired) electrons.